The number of nitrogens with one attached hydrogen (secondary N) is 1. The average molecular weight is 357 g/mol. The van der Waals surface area contributed by atoms with Gasteiger partial charge in [-0.15, -0.1) is 0 Å². The molecule has 6 heteroatoms. The molecule has 0 saturated carbocycles. The van der Waals surface area contributed by atoms with Crippen LogP contribution in [-0.4, -0.2) is 21.8 Å². The number of aromatic nitrogens is 2. The number of anilines is 1. The Morgan fingerprint density at radius 3 is 2.65 bits per heavy atom. The van der Waals surface area contributed by atoms with Crippen LogP contribution in [0.2, 0.25) is 0 Å². The molecule has 1 aromatic heterocycles. The van der Waals surface area contributed by atoms with Gasteiger partial charge in [0.15, 0.2) is 0 Å². The van der Waals surface area contributed by atoms with Crippen LogP contribution < -0.4 is 5.32 Å². The first-order chi connectivity index (χ1) is 12.5. The van der Waals surface area contributed by atoms with E-state index in [0.29, 0.717) is 11.9 Å². The summed E-state index contributed by atoms with van der Waals surface area (Å²) >= 11 is 0. The summed E-state index contributed by atoms with van der Waals surface area (Å²) in [6, 6.07) is 7.85. The fraction of sp³-hybridized carbons (Fsp3) is 0.500. The minimum Gasteiger partial charge on any atom is -0.432 e. The Morgan fingerprint density at radius 1 is 1.27 bits per heavy atom. The molecule has 1 aliphatic heterocycles. The largest absolute Gasteiger partial charge is 0.510 e. The van der Waals surface area contributed by atoms with E-state index >= 15 is 0 Å². The molecule has 140 valence electrons. The molecule has 2 atom stereocenters. The quantitative estimate of drug-likeness (QED) is 0.742. The molecule has 0 aliphatic carbocycles. The van der Waals surface area contributed by atoms with Gasteiger partial charge >= 0.3 is 6.16 Å². The molecule has 1 N–H and O–H groups in total. The maximum absolute atomic E-state index is 12.3. The van der Waals surface area contributed by atoms with Gasteiger partial charge in [-0.25, -0.2) is 9.78 Å². The van der Waals surface area contributed by atoms with Crippen molar-refractivity contribution in [1.82, 2.24) is 9.55 Å². The summed E-state index contributed by atoms with van der Waals surface area (Å²) in [6.07, 6.45) is 0.295. The number of benzene rings is 1. The van der Waals surface area contributed by atoms with Gasteiger partial charge in [0.05, 0.1) is 17.1 Å². The lowest BCUT2D eigenvalue weighted by molar-refractivity contribution is -0.00413. The van der Waals surface area contributed by atoms with Crippen LogP contribution in [0.5, 0.6) is 0 Å². The molecule has 0 fully saturated rings. The van der Waals surface area contributed by atoms with Crippen LogP contribution in [0.1, 0.15) is 53.7 Å². The van der Waals surface area contributed by atoms with E-state index in [-0.39, 0.29) is 6.10 Å². The third-order valence-corrected chi connectivity index (χ3v) is 4.75. The Hall–Kier alpha value is -2.50. The van der Waals surface area contributed by atoms with E-state index < -0.39 is 12.4 Å². The molecular weight excluding hydrogens is 330 g/mol. The molecule has 0 amide bonds. The van der Waals surface area contributed by atoms with Gasteiger partial charge in [0.25, 0.3) is 0 Å². The Morgan fingerprint density at radius 2 is 2.00 bits per heavy atom. The van der Waals surface area contributed by atoms with E-state index in [1.807, 2.05) is 42.7 Å². The van der Waals surface area contributed by atoms with Crippen LogP contribution >= 0.6 is 0 Å². The van der Waals surface area contributed by atoms with Gasteiger partial charge in [0.1, 0.15) is 0 Å². The van der Waals surface area contributed by atoms with Crippen LogP contribution in [-0.2, 0) is 9.47 Å². The van der Waals surface area contributed by atoms with Crippen molar-refractivity contribution in [3.8, 4) is 0 Å². The van der Waals surface area contributed by atoms with Crippen molar-refractivity contribution in [1.29, 1.82) is 0 Å². The Labute approximate surface area is 154 Å². The minimum atomic E-state index is -0.662. The third kappa shape index (κ3) is 3.28. The summed E-state index contributed by atoms with van der Waals surface area (Å²) < 4.78 is 13.0. The van der Waals surface area contributed by atoms with E-state index in [2.05, 4.69) is 26.1 Å². The highest BCUT2D eigenvalue weighted by Crippen LogP contribution is 2.39. The van der Waals surface area contributed by atoms with Crippen LogP contribution in [0.15, 0.2) is 35.5 Å². The smallest absolute Gasteiger partial charge is 0.432 e. The van der Waals surface area contributed by atoms with Crippen molar-refractivity contribution >= 4 is 23.1 Å². The van der Waals surface area contributed by atoms with Gasteiger partial charge in [-0.3, -0.25) is 4.57 Å². The molecule has 0 spiro atoms. The molecule has 3 rings (SSSR count). The maximum Gasteiger partial charge on any atom is 0.510 e. The summed E-state index contributed by atoms with van der Waals surface area (Å²) in [4.78, 5) is 17.0. The molecule has 1 aromatic carbocycles. The topological polar surface area (TPSA) is 65.4 Å². The normalized spacial score (nSPS) is 17.8. The average Bonchev–Trinajstić information content (AvgIpc) is 2.98. The first-order valence-corrected chi connectivity index (χ1v) is 9.30. The van der Waals surface area contributed by atoms with E-state index in [0.717, 1.165) is 35.1 Å². The number of fused-ring (bicyclic) bond motifs is 3. The van der Waals surface area contributed by atoms with Gasteiger partial charge in [-0.1, -0.05) is 32.9 Å². The van der Waals surface area contributed by atoms with Crippen LogP contribution in [0.4, 0.5) is 10.7 Å². The zero-order valence-corrected chi connectivity index (χ0v) is 16.1. The van der Waals surface area contributed by atoms with Crippen molar-refractivity contribution in [2.45, 2.75) is 59.8 Å². The molecule has 0 radical (unpaired) electrons. The minimum absolute atomic E-state index is 0.230. The first kappa shape index (κ1) is 18.3. The van der Waals surface area contributed by atoms with Gasteiger partial charge in [0.2, 0.25) is 12.2 Å². The zero-order valence-electron chi connectivity index (χ0n) is 16.1. The van der Waals surface area contributed by atoms with Gasteiger partial charge < -0.3 is 14.8 Å². The second kappa shape index (κ2) is 7.40. The van der Waals surface area contributed by atoms with E-state index in [1.165, 1.54) is 0 Å². The summed E-state index contributed by atoms with van der Waals surface area (Å²) in [5.41, 5.74) is 3.92. The molecule has 2 heterocycles. The van der Waals surface area contributed by atoms with Crippen LogP contribution in [0.25, 0.3) is 11.0 Å². The Bertz CT molecular complexity index is 838. The number of hydrogen-bond donors (Lipinski definition) is 1. The number of carbonyl (C=O) groups excluding carboxylic acids is 1. The number of imidazole rings is 1. The molecule has 1 aliphatic rings. The van der Waals surface area contributed by atoms with E-state index in [4.69, 9.17) is 14.5 Å². The number of hydrogen-bond acceptors (Lipinski definition) is 5. The molecule has 0 bridgehead atoms. The van der Waals surface area contributed by atoms with Crippen LogP contribution in [0, 0.1) is 5.92 Å². The summed E-state index contributed by atoms with van der Waals surface area (Å²) in [7, 11) is 0. The van der Waals surface area contributed by atoms with Crippen molar-refractivity contribution in [2.75, 3.05) is 5.32 Å². The fourth-order valence-electron chi connectivity index (χ4n) is 3.30. The number of para-hydroxylation sites is 2. The zero-order chi connectivity index (χ0) is 18.8. The predicted molar refractivity (Wildman–Crippen MR) is 102 cm³/mol. The van der Waals surface area contributed by atoms with Crippen molar-refractivity contribution in [3.05, 3.63) is 35.5 Å². The summed E-state index contributed by atoms with van der Waals surface area (Å²) in [6.45, 7) is 10.0. The lowest BCUT2D eigenvalue weighted by Gasteiger charge is -2.33. The van der Waals surface area contributed by atoms with Crippen LogP contribution in [0.3, 0.4) is 0 Å². The predicted octanol–water partition coefficient (Wildman–Crippen LogP) is 5.23. The molecule has 6 nitrogen and oxygen atoms in total. The molecular formula is C20H27N3O3. The van der Waals surface area contributed by atoms with E-state index in [9.17, 15) is 4.79 Å². The van der Waals surface area contributed by atoms with Crippen molar-refractivity contribution in [2.24, 2.45) is 5.92 Å². The molecule has 2 aromatic rings. The van der Waals surface area contributed by atoms with Crippen molar-refractivity contribution < 1.29 is 14.3 Å². The monoisotopic (exact) mass is 357 g/mol. The highest BCUT2D eigenvalue weighted by molar-refractivity contribution is 5.80. The Kier molecular flexibility index (Phi) is 5.20. The number of ether oxygens (including phenoxy) is 2. The summed E-state index contributed by atoms with van der Waals surface area (Å²) in [5.74, 6) is 1.01. The van der Waals surface area contributed by atoms with E-state index in [1.54, 1.807) is 0 Å². The highest BCUT2D eigenvalue weighted by Gasteiger charge is 2.34. The summed E-state index contributed by atoms with van der Waals surface area (Å²) in [5, 5.41) is 3.48. The Balaban J connectivity index is 2.11. The molecule has 2 unspecified atom stereocenters. The second-order valence-corrected chi connectivity index (χ2v) is 6.91. The second-order valence-electron chi connectivity index (χ2n) is 6.91. The SMILES string of the molecule is CCC1=C(C(C)CC)Nc2nc3ccccc3n2C1OC(=O)OC(C)C. The van der Waals surface area contributed by atoms with Crippen molar-refractivity contribution in [3.63, 3.8) is 0 Å². The maximum atomic E-state index is 12.3. The number of allylic oxidation sites excluding steroid dienone is 1. The fourth-order valence-corrected chi connectivity index (χ4v) is 3.30. The van der Waals surface area contributed by atoms with Gasteiger partial charge in [-0.05, 0) is 44.7 Å². The number of nitrogens with zero attached hydrogens (tertiary/aromatic N) is 2. The molecule has 26 heavy (non-hydrogen) atoms. The lowest BCUT2D eigenvalue weighted by atomic mass is 9.96. The standard InChI is InChI=1S/C20H27N3O3/c1-6-13(5)17-14(7-2)18(26-20(24)25-12(3)4)23-16-11-9-8-10-15(16)21-19(23)22-17/h8-13,18H,6-7H2,1-5H3,(H,21,22). The third-order valence-electron chi connectivity index (χ3n) is 4.75. The van der Waals surface area contributed by atoms with Gasteiger partial charge in [-0.2, -0.15) is 0 Å². The van der Waals surface area contributed by atoms with Gasteiger partial charge in [0, 0.05) is 11.3 Å². The first-order valence-electron chi connectivity index (χ1n) is 9.30. The molecule has 0 saturated heterocycles. The number of carbonyl (C=O) groups is 1. The highest BCUT2D eigenvalue weighted by atomic mass is 16.7. The number of rotatable bonds is 5. The lowest BCUT2D eigenvalue weighted by Crippen LogP contribution is -2.30.